The first-order chi connectivity index (χ1) is 14.5. The van der Waals surface area contributed by atoms with E-state index in [2.05, 4.69) is 10.6 Å². The van der Waals surface area contributed by atoms with Gasteiger partial charge in [0.1, 0.15) is 0 Å². The van der Waals surface area contributed by atoms with Crippen molar-refractivity contribution in [3.63, 3.8) is 0 Å². The van der Waals surface area contributed by atoms with Crippen LogP contribution in [0.4, 0.5) is 0 Å². The number of rotatable bonds is 8. The summed E-state index contributed by atoms with van der Waals surface area (Å²) in [5, 5.41) is 15.5. The summed E-state index contributed by atoms with van der Waals surface area (Å²) in [6.45, 7) is 3.19. The molecule has 164 valence electrons. The van der Waals surface area contributed by atoms with Crippen LogP contribution in [0.25, 0.3) is 0 Å². The number of aliphatic carboxylic acids is 1. The number of piperidine rings is 2. The minimum atomic E-state index is -0.956. The number of likely N-dealkylation sites (tertiary alicyclic amines) is 1. The Kier molecular flexibility index (Phi) is 8.25. The van der Waals surface area contributed by atoms with Crippen molar-refractivity contribution in [3.8, 4) is 0 Å². The molecular weight excluding hydrogens is 382 g/mol. The van der Waals surface area contributed by atoms with Crippen molar-refractivity contribution in [1.29, 1.82) is 0 Å². The molecule has 0 bridgehead atoms. The lowest BCUT2D eigenvalue weighted by atomic mass is 9.92. The molecule has 1 aromatic carbocycles. The minimum Gasteiger partial charge on any atom is -0.481 e. The van der Waals surface area contributed by atoms with Gasteiger partial charge in [-0.2, -0.15) is 0 Å². The number of amides is 2. The van der Waals surface area contributed by atoms with Gasteiger partial charge in [0.2, 0.25) is 11.8 Å². The minimum absolute atomic E-state index is 0.135. The number of benzene rings is 1. The van der Waals surface area contributed by atoms with Gasteiger partial charge in [0, 0.05) is 19.5 Å². The summed E-state index contributed by atoms with van der Waals surface area (Å²) in [5.74, 6) is -0.664. The fourth-order valence-corrected chi connectivity index (χ4v) is 4.48. The standard InChI is InChI=1S/C23H33N3O4/c27-21(9-8-17-10-12-24-13-11-17)26-14-4-7-19(16-26)23(30)25-20(15-22(28)29)18-5-2-1-3-6-18/h1-3,5-6,17,19-20,24H,4,7-16H2,(H,25,30)(H,28,29)/t19-,20-/m1/s1. The molecule has 7 heteroatoms. The summed E-state index contributed by atoms with van der Waals surface area (Å²) in [6.07, 6.45) is 5.07. The number of nitrogens with zero attached hydrogens (tertiary/aromatic N) is 1. The fourth-order valence-electron chi connectivity index (χ4n) is 4.48. The van der Waals surface area contributed by atoms with Gasteiger partial charge in [0.25, 0.3) is 0 Å². The zero-order valence-corrected chi connectivity index (χ0v) is 17.5. The van der Waals surface area contributed by atoms with Gasteiger partial charge < -0.3 is 20.6 Å². The molecule has 0 unspecified atom stereocenters. The molecule has 2 aliphatic rings. The average molecular weight is 416 g/mol. The predicted octanol–water partition coefficient (Wildman–Crippen LogP) is 2.34. The second kappa shape index (κ2) is 11.1. The number of carbonyl (C=O) groups is 3. The Morgan fingerprint density at radius 3 is 2.57 bits per heavy atom. The Hall–Kier alpha value is -2.41. The number of carboxylic acid groups (broad SMARTS) is 1. The van der Waals surface area contributed by atoms with Crippen molar-refractivity contribution in [1.82, 2.24) is 15.5 Å². The van der Waals surface area contributed by atoms with E-state index in [1.807, 2.05) is 35.2 Å². The Balaban J connectivity index is 1.53. The molecule has 2 atom stereocenters. The van der Waals surface area contributed by atoms with Gasteiger partial charge in [0.05, 0.1) is 18.4 Å². The monoisotopic (exact) mass is 415 g/mol. The maximum Gasteiger partial charge on any atom is 0.305 e. The van der Waals surface area contributed by atoms with Crippen LogP contribution in [0, 0.1) is 11.8 Å². The highest BCUT2D eigenvalue weighted by atomic mass is 16.4. The van der Waals surface area contributed by atoms with E-state index in [1.54, 1.807) is 0 Å². The molecule has 7 nitrogen and oxygen atoms in total. The highest BCUT2D eigenvalue weighted by molar-refractivity contribution is 5.82. The molecule has 2 fully saturated rings. The first kappa shape index (κ1) is 22.3. The Labute approximate surface area is 178 Å². The van der Waals surface area contributed by atoms with E-state index in [4.69, 9.17) is 0 Å². The van der Waals surface area contributed by atoms with E-state index in [9.17, 15) is 19.5 Å². The molecule has 1 aromatic rings. The Morgan fingerprint density at radius 2 is 1.87 bits per heavy atom. The summed E-state index contributed by atoms with van der Waals surface area (Å²) in [5.41, 5.74) is 0.777. The van der Waals surface area contributed by atoms with Gasteiger partial charge in [-0.05, 0) is 56.7 Å². The summed E-state index contributed by atoms with van der Waals surface area (Å²) in [4.78, 5) is 38.7. The van der Waals surface area contributed by atoms with Crippen LogP contribution in [-0.4, -0.2) is 54.0 Å². The number of carbonyl (C=O) groups excluding carboxylic acids is 2. The van der Waals surface area contributed by atoms with Crippen LogP contribution >= 0.6 is 0 Å². The highest BCUT2D eigenvalue weighted by Crippen LogP contribution is 2.23. The molecule has 2 amide bonds. The van der Waals surface area contributed by atoms with Crippen molar-refractivity contribution in [2.45, 2.75) is 51.0 Å². The average Bonchev–Trinajstić information content (AvgIpc) is 2.78. The van der Waals surface area contributed by atoms with E-state index >= 15 is 0 Å². The van der Waals surface area contributed by atoms with Crippen LogP contribution in [0.2, 0.25) is 0 Å². The summed E-state index contributed by atoms with van der Waals surface area (Å²) >= 11 is 0. The van der Waals surface area contributed by atoms with Crippen LogP contribution in [0.3, 0.4) is 0 Å². The third-order valence-electron chi connectivity index (χ3n) is 6.27. The van der Waals surface area contributed by atoms with Crippen LogP contribution in [0.1, 0.15) is 56.6 Å². The maximum absolute atomic E-state index is 12.9. The largest absolute Gasteiger partial charge is 0.481 e. The number of hydrogen-bond acceptors (Lipinski definition) is 4. The number of hydrogen-bond donors (Lipinski definition) is 3. The third kappa shape index (κ3) is 6.55. The molecule has 0 spiro atoms. The van der Waals surface area contributed by atoms with Gasteiger partial charge in [-0.3, -0.25) is 14.4 Å². The quantitative estimate of drug-likeness (QED) is 0.605. The lowest BCUT2D eigenvalue weighted by Crippen LogP contribution is -2.46. The Morgan fingerprint density at radius 1 is 1.13 bits per heavy atom. The number of carboxylic acids is 1. The van der Waals surface area contributed by atoms with Crippen molar-refractivity contribution in [2.24, 2.45) is 11.8 Å². The fraction of sp³-hybridized carbons (Fsp3) is 0.609. The molecule has 3 rings (SSSR count). The highest BCUT2D eigenvalue weighted by Gasteiger charge is 2.30. The van der Waals surface area contributed by atoms with E-state index in [1.165, 1.54) is 0 Å². The number of nitrogens with one attached hydrogen (secondary N) is 2. The summed E-state index contributed by atoms with van der Waals surface area (Å²) < 4.78 is 0. The van der Waals surface area contributed by atoms with Gasteiger partial charge >= 0.3 is 5.97 Å². The molecule has 2 heterocycles. The second-order valence-electron chi connectivity index (χ2n) is 8.48. The zero-order valence-electron chi connectivity index (χ0n) is 17.5. The first-order valence-electron chi connectivity index (χ1n) is 11.1. The van der Waals surface area contributed by atoms with Gasteiger partial charge in [-0.25, -0.2) is 0 Å². The van der Waals surface area contributed by atoms with Gasteiger partial charge in [-0.1, -0.05) is 30.3 Å². The van der Waals surface area contributed by atoms with Crippen LogP contribution in [0.5, 0.6) is 0 Å². The first-order valence-corrected chi connectivity index (χ1v) is 11.1. The van der Waals surface area contributed by atoms with Crippen molar-refractivity contribution in [2.75, 3.05) is 26.2 Å². The van der Waals surface area contributed by atoms with E-state index in [0.717, 1.165) is 50.8 Å². The molecule has 0 aromatic heterocycles. The third-order valence-corrected chi connectivity index (χ3v) is 6.27. The van der Waals surface area contributed by atoms with Crippen LogP contribution < -0.4 is 10.6 Å². The molecular formula is C23H33N3O4. The smallest absolute Gasteiger partial charge is 0.305 e. The van der Waals surface area contributed by atoms with E-state index in [0.29, 0.717) is 25.4 Å². The normalized spacial score (nSPS) is 21.1. The Bertz CT molecular complexity index is 718. The lowest BCUT2D eigenvalue weighted by molar-refractivity contribution is -0.138. The molecule has 30 heavy (non-hydrogen) atoms. The molecule has 0 aliphatic carbocycles. The molecule has 2 aliphatic heterocycles. The van der Waals surface area contributed by atoms with E-state index < -0.39 is 12.0 Å². The molecule has 3 N–H and O–H groups in total. The topological polar surface area (TPSA) is 98.7 Å². The molecule has 0 saturated carbocycles. The summed E-state index contributed by atoms with van der Waals surface area (Å²) in [7, 11) is 0. The second-order valence-corrected chi connectivity index (χ2v) is 8.48. The van der Waals surface area contributed by atoms with Gasteiger partial charge in [0.15, 0.2) is 0 Å². The lowest BCUT2D eigenvalue weighted by Gasteiger charge is -2.33. The van der Waals surface area contributed by atoms with Crippen molar-refractivity contribution >= 4 is 17.8 Å². The molecule has 0 radical (unpaired) electrons. The maximum atomic E-state index is 12.9. The zero-order chi connectivity index (χ0) is 21.3. The van der Waals surface area contributed by atoms with Crippen LogP contribution in [0.15, 0.2) is 30.3 Å². The van der Waals surface area contributed by atoms with Crippen molar-refractivity contribution < 1.29 is 19.5 Å². The van der Waals surface area contributed by atoms with Crippen LogP contribution in [-0.2, 0) is 14.4 Å². The van der Waals surface area contributed by atoms with E-state index in [-0.39, 0.29) is 24.2 Å². The van der Waals surface area contributed by atoms with Crippen molar-refractivity contribution in [3.05, 3.63) is 35.9 Å². The summed E-state index contributed by atoms with van der Waals surface area (Å²) in [6, 6.07) is 8.61. The molecule has 2 saturated heterocycles. The van der Waals surface area contributed by atoms with Gasteiger partial charge in [-0.15, -0.1) is 0 Å². The SMILES string of the molecule is O=C(O)C[C@@H](NC(=O)[C@@H]1CCCN(C(=O)CCC2CCNCC2)C1)c1ccccc1. The predicted molar refractivity (Wildman–Crippen MR) is 114 cm³/mol.